The van der Waals surface area contributed by atoms with E-state index in [1.165, 1.54) is 0 Å². The first-order valence-corrected chi connectivity index (χ1v) is 4.81. The third-order valence-electron chi connectivity index (χ3n) is 2.54. The molecular formula is C12H11N3O. The molecule has 0 saturated carbocycles. The lowest BCUT2D eigenvalue weighted by molar-refractivity contribution is 0.419. The van der Waals surface area contributed by atoms with Crippen LogP contribution < -0.4 is 10.5 Å². The molecule has 16 heavy (non-hydrogen) atoms. The molecule has 0 aliphatic rings. The highest BCUT2D eigenvalue weighted by atomic mass is 16.5. The summed E-state index contributed by atoms with van der Waals surface area (Å²) >= 11 is 0. The van der Waals surface area contributed by atoms with Gasteiger partial charge in [-0.15, -0.1) is 0 Å². The number of pyridine rings is 1. The quantitative estimate of drug-likeness (QED) is 0.786. The normalized spacial score (nSPS) is 10.1. The van der Waals surface area contributed by atoms with Gasteiger partial charge in [-0.05, 0) is 24.6 Å². The molecule has 0 amide bonds. The van der Waals surface area contributed by atoms with E-state index in [1.54, 1.807) is 13.2 Å². The summed E-state index contributed by atoms with van der Waals surface area (Å²) in [5.74, 6) is 0.899. The molecule has 0 aliphatic heterocycles. The summed E-state index contributed by atoms with van der Waals surface area (Å²) in [6.07, 6.45) is 0. The van der Waals surface area contributed by atoms with Crippen LogP contribution >= 0.6 is 0 Å². The zero-order valence-electron chi connectivity index (χ0n) is 9.11. The molecule has 2 N–H and O–H groups in total. The number of nitrogens with zero attached hydrogens (tertiary/aromatic N) is 2. The number of hydrogen-bond acceptors (Lipinski definition) is 4. The number of benzene rings is 1. The largest absolute Gasteiger partial charge is 0.494 e. The molecule has 1 aromatic carbocycles. The highest BCUT2D eigenvalue weighted by Gasteiger charge is 2.09. The number of anilines is 1. The Bertz CT molecular complexity index is 599. The van der Waals surface area contributed by atoms with Gasteiger partial charge in [0, 0.05) is 5.39 Å². The van der Waals surface area contributed by atoms with Gasteiger partial charge in [0.25, 0.3) is 0 Å². The Morgan fingerprint density at radius 2 is 2.19 bits per heavy atom. The van der Waals surface area contributed by atoms with Crippen LogP contribution in [0.1, 0.15) is 11.1 Å². The van der Waals surface area contributed by atoms with E-state index in [2.05, 4.69) is 4.98 Å². The number of methoxy groups -OCH3 is 1. The van der Waals surface area contributed by atoms with Crippen LogP contribution in [0.3, 0.4) is 0 Å². The number of fused-ring (bicyclic) bond motifs is 1. The van der Waals surface area contributed by atoms with Crippen molar-refractivity contribution in [2.45, 2.75) is 6.92 Å². The SMILES string of the molecule is COc1ccc(C)c2cc(C#N)c(N)nc12. The third-order valence-corrected chi connectivity index (χ3v) is 2.54. The molecular weight excluding hydrogens is 202 g/mol. The van der Waals surface area contributed by atoms with Crippen LogP contribution in [-0.2, 0) is 0 Å². The summed E-state index contributed by atoms with van der Waals surface area (Å²) in [6.45, 7) is 1.96. The maximum Gasteiger partial charge on any atom is 0.145 e. The van der Waals surface area contributed by atoms with Crippen molar-refractivity contribution in [1.82, 2.24) is 4.98 Å². The Kier molecular flexibility index (Phi) is 2.37. The standard InChI is InChI=1S/C12H11N3O/c1-7-3-4-10(16-2)11-9(7)5-8(6-13)12(14)15-11/h3-5H,1-2H3,(H2,14,15). The van der Waals surface area contributed by atoms with Gasteiger partial charge in [-0.2, -0.15) is 5.26 Å². The fourth-order valence-electron chi connectivity index (χ4n) is 1.64. The summed E-state index contributed by atoms with van der Waals surface area (Å²) in [4.78, 5) is 4.21. The van der Waals surface area contributed by atoms with Gasteiger partial charge in [-0.1, -0.05) is 6.07 Å². The van der Waals surface area contributed by atoms with Gasteiger partial charge in [-0.25, -0.2) is 4.98 Å². The maximum atomic E-state index is 8.89. The molecule has 0 unspecified atom stereocenters. The van der Waals surface area contributed by atoms with E-state index in [4.69, 9.17) is 15.7 Å². The lowest BCUT2D eigenvalue weighted by Gasteiger charge is -2.08. The number of nitriles is 1. The smallest absolute Gasteiger partial charge is 0.145 e. The fraction of sp³-hybridized carbons (Fsp3) is 0.167. The van der Waals surface area contributed by atoms with Crippen LogP contribution in [0.15, 0.2) is 18.2 Å². The first kappa shape index (κ1) is 10.2. The zero-order valence-corrected chi connectivity index (χ0v) is 9.11. The molecule has 2 aromatic rings. The van der Waals surface area contributed by atoms with Crippen molar-refractivity contribution < 1.29 is 4.74 Å². The van der Waals surface area contributed by atoms with Crippen molar-refractivity contribution in [3.05, 3.63) is 29.3 Å². The molecule has 0 atom stereocenters. The third kappa shape index (κ3) is 1.43. The van der Waals surface area contributed by atoms with E-state index in [1.807, 2.05) is 25.1 Å². The molecule has 1 aromatic heterocycles. The average Bonchev–Trinajstić information content (AvgIpc) is 2.29. The van der Waals surface area contributed by atoms with Gasteiger partial charge in [0.05, 0.1) is 12.7 Å². The van der Waals surface area contributed by atoms with E-state index in [0.717, 1.165) is 10.9 Å². The van der Waals surface area contributed by atoms with E-state index in [0.29, 0.717) is 16.8 Å². The van der Waals surface area contributed by atoms with Gasteiger partial charge >= 0.3 is 0 Å². The van der Waals surface area contributed by atoms with Crippen molar-refractivity contribution in [1.29, 1.82) is 5.26 Å². The predicted molar refractivity (Wildman–Crippen MR) is 62.2 cm³/mol. The number of hydrogen-bond donors (Lipinski definition) is 1. The molecule has 2 rings (SSSR count). The Labute approximate surface area is 93.3 Å². The molecule has 4 nitrogen and oxygen atoms in total. The number of nitrogen functional groups attached to an aromatic ring is 1. The van der Waals surface area contributed by atoms with Crippen molar-refractivity contribution in [3.8, 4) is 11.8 Å². The van der Waals surface area contributed by atoms with Gasteiger partial charge in [0.15, 0.2) is 0 Å². The van der Waals surface area contributed by atoms with Crippen molar-refractivity contribution in [2.75, 3.05) is 12.8 Å². The van der Waals surface area contributed by atoms with Crippen LogP contribution in [0, 0.1) is 18.3 Å². The monoisotopic (exact) mass is 213 g/mol. The Morgan fingerprint density at radius 3 is 2.81 bits per heavy atom. The zero-order chi connectivity index (χ0) is 11.7. The molecule has 0 radical (unpaired) electrons. The van der Waals surface area contributed by atoms with E-state index in [-0.39, 0.29) is 5.82 Å². The van der Waals surface area contributed by atoms with Crippen LogP contribution in [0.25, 0.3) is 10.9 Å². The van der Waals surface area contributed by atoms with Gasteiger partial charge < -0.3 is 10.5 Å². The van der Waals surface area contributed by atoms with Gasteiger partial charge in [0.2, 0.25) is 0 Å². The second kappa shape index (κ2) is 3.70. The first-order valence-electron chi connectivity index (χ1n) is 4.81. The maximum absolute atomic E-state index is 8.89. The molecule has 1 heterocycles. The van der Waals surface area contributed by atoms with Crippen molar-refractivity contribution >= 4 is 16.7 Å². The van der Waals surface area contributed by atoms with E-state index in [9.17, 15) is 0 Å². The van der Waals surface area contributed by atoms with Crippen LogP contribution in [0.5, 0.6) is 5.75 Å². The Hall–Kier alpha value is -2.28. The highest BCUT2D eigenvalue weighted by molar-refractivity contribution is 5.90. The molecule has 80 valence electrons. The minimum absolute atomic E-state index is 0.235. The van der Waals surface area contributed by atoms with Gasteiger partial charge in [-0.3, -0.25) is 0 Å². The highest BCUT2D eigenvalue weighted by Crippen LogP contribution is 2.28. The van der Waals surface area contributed by atoms with Crippen molar-refractivity contribution in [3.63, 3.8) is 0 Å². The number of nitrogens with two attached hydrogens (primary N) is 1. The average molecular weight is 213 g/mol. The van der Waals surface area contributed by atoms with Crippen LogP contribution in [0.2, 0.25) is 0 Å². The number of aromatic nitrogens is 1. The molecule has 0 spiro atoms. The molecule has 0 fully saturated rings. The Balaban J connectivity index is 2.89. The minimum Gasteiger partial charge on any atom is -0.494 e. The Morgan fingerprint density at radius 1 is 1.44 bits per heavy atom. The van der Waals surface area contributed by atoms with E-state index >= 15 is 0 Å². The molecule has 0 aliphatic carbocycles. The second-order valence-electron chi connectivity index (χ2n) is 3.51. The van der Waals surface area contributed by atoms with Crippen molar-refractivity contribution in [2.24, 2.45) is 0 Å². The van der Waals surface area contributed by atoms with E-state index < -0.39 is 0 Å². The summed E-state index contributed by atoms with van der Waals surface area (Å²) < 4.78 is 5.21. The second-order valence-corrected chi connectivity index (χ2v) is 3.51. The summed E-state index contributed by atoms with van der Waals surface area (Å²) in [6, 6.07) is 7.54. The van der Waals surface area contributed by atoms with Crippen LogP contribution in [0.4, 0.5) is 5.82 Å². The fourth-order valence-corrected chi connectivity index (χ4v) is 1.64. The van der Waals surface area contributed by atoms with Gasteiger partial charge in [0.1, 0.15) is 23.2 Å². The molecule has 0 saturated heterocycles. The summed E-state index contributed by atoms with van der Waals surface area (Å²) in [7, 11) is 1.58. The molecule has 4 heteroatoms. The summed E-state index contributed by atoms with van der Waals surface area (Å²) in [5.41, 5.74) is 7.81. The van der Waals surface area contributed by atoms with Crippen LogP contribution in [-0.4, -0.2) is 12.1 Å². The minimum atomic E-state index is 0.235. The number of aryl methyl sites for hydroxylation is 1. The topological polar surface area (TPSA) is 71.9 Å². The summed E-state index contributed by atoms with van der Waals surface area (Å²) in [5, 5.41) is 9.79. The number of ether oxygens (including phenoxy) is 1. The lowest BCUT2D eigenvalue weighted by Crippen LogP contribution is -1.97. The predicted octanol–water partition coefficient (Wildman–Crippen LogP) is 2.01. The first-order chi connectivity index (χ1) is 7.67. The number of rotatable bonds is 1. The molecule has 0 bridgehead atoms. The lowest BCUT2D eigenvalue weighted by atomic mass is 10.1.